The van der Waals surface area contributed by atoms with Gasteiger partial charge in [0.2, 0.25) is 0 Å². The summed E-state index contributed by atoms with van der Waals surface area (Å²) in [6.45, 7) is 1.53. The van der Waals surface area contributed by atoms with E-state index in [2.05, 4.69) is 10.3 Å². The van der Waals surface area contributed by atoms with Crippen LogP contribution < -0.4 is 10.9 Å². The molecule has 3 rings (SSSR count). The van der Waals surface area contributed by atoms with E-state index in [0.717, 1.165) is 6.07 Å². The molecule has 0 unspecified atom stereocenters. The average molecular weight is 368 g/mol. The highest BCUT2D eigenvalue weighted by Gasteiger charge is 2.32. The Morgan fingerprint density at radius 1 is 1.20 bits per heavy atom. The third-order valence-electron chi connectivity index (χ3n) is 3.69. The normalized spacial score (nSPS) is 11.7. The summed E-state index contributed by atoms with van der Waals surface area (Å²) in [6, 6.07) is 8.52. The van der Waals surface area contributed by atoms with E-state index in [-0.39, 0.29) is 17.7 Å². The van der Waals surface area contributed by atoms with E-state index < -0.39 is 11.7 Å². The maximum absolute atomic E-state index is 13.0. The van der Waals surface area contributed by atoms with Crippen molar-refractivity contribution in [3.8, 4) is 0 Å². The Morgan fingerprint density at radius 2 is 1.96 bits per heavy atom. The quantitative estimate of drug-likeness (QED) is 0.751. The molecule has 0 atom stereocenters. The number of benzene rings is 1. The van der Waals surface area contributed by atoms with Crippen molar-refractivity contribution in [1.29, 1.82) is 0 Å². The van der Waals surface area contributed by atoms with Crippen LogP contribution in [0.25, 0.3) is 5.65 Å². The fourth-order valence-corrected chi connectivity index (χ4v) is 2.61. The summed E-state index contributed by atoms with van der Waals surface area (Å²) in [6.07, 6.45) is -2.96. The summed E-state index contributed by atoms with van der Waals surface area (Å²) < 4.78 is 40.2. The van der Waals surface area contributed by atoms with E-state index in [0.29, 0.717) is 22.1 Å². The molecule has 3 aromatic rings. The van der Waals surface area contributed by atoms with E-state index in [1.807, 2.05) is 0 Å². The number of hydrogen-bond donors (Lipinski definition) is 1. The first-order valence-electron chi connectivity index (χ1n) is 7.33. The molecule has 0 saturated carbocycles. The number of nitrogens with zero attached hydrogens (tertiary/aromatic N) is 2. The molecule has 4 nitrogen and oxygen atoms in total. The van der Waals surface area contributed by atoms with Gasteiger partial charge in [0.1, 0.15) is 5.65 Å². The van der Waals surface area contributed by atoms with Gasteiger partial charge in [-0.3, -0.25) is 9.20 Å². The summed E-state index contributed by atoms with van der Waals surface area (Å²) in [7, 11) is 0. The van der Waals surface area contributed by atoms with Crippen molar-refractivity contribution in [3.63, 3.8) is 0 Å². The Labute approximate surface area is 145 Å². The summed E-state index contributed by atoms with van der Waals surface area (Å²) in [5.74, 6) is 0. The molecular weight excluding hydrogens is 355 g/mol. The Hall–Kier alpha value is -2.54. The molecule has 0 aliphatic carbocycles. The second-order valence-electron chi connectivity index (χ2n) is 5.54. The van der Waals surface area contributed by atoms with Gasteiger partial charge in [-0.15, -0.1) is 0 Å². The minimum atomic E-state index is -4.42. The first-order chi connectivity index (χ1) is 11.7. The molecule has 0 fully saturated rings. The van der Waals surface area contributed by atoms with Crippen LogP contribution in [0, 0.1) is 6.92 Å². The van der Waals surface area contributed by atoms with Gasteiger partial charge in [0, 0.05) is 18.0 Å². The van der Waals surface area contributed by atoms with Crippen molar-refractivity contribution >= 4 is 22.9 Å². The molecule has 0 bridgehead atoms. The van der Waals surface area contributed by atoms with Gasteiger partial charge < -0.3 is 5.32 Å². The van der Waals surface area contributed by atoms with Crippen LogP contribution in [-0.2, 0) is 12.7 Å². The van der Waals surface area contributed by atoms with Gasteiger partial charge in [-0.05, 0) is 36.8 Å². The van der Waals surface area contributed by atoms with E-state index in [4.69, 9.17) is 11.6 Å². The molecule has 0 aliphatic rings. The van der Waals surface area contributed by atoms with Crippen LogP contribution in [0.15, 0.2) is 47.4 Å². The van der Waals surface area contributed by atoms with Crippen LogP contribution in [0.5, 0.6) is 0 Å². The number of rotatable bonds is 3. The van der Waals surface area contributed by atoms with Crippen LogP contribution in [0.4, 0.5) is 18.9 Å². The van der Waals surface area contributed by atoms with Crippen LogP contribution in [-0.4, -0.2) is 9.38 Å². The fourth-order valence-electron chi connectivity index (χ4n) is 2.45. The van der Waals surface area contributed by atoms with Crippen molar-refractivity contribution in [3.05, 3.63) is 74.8 Å². The first-order valence-corrected chi connectivity index (χ1v) is 7.71. The Kier molecular flexibility index (Phi) is 4.43. The van der Waals surface area contributed by atoms with E-state index in [9.17, 15) is 18.0 Å². The van der Waals surface area contributed by atoms with Gasteiger partial charge in [0.05, 0.1) is 22.8 Å². The monoisotopic (exact) mass is 367 g/mol. The summed E-state index contributed by atoms with van der Waals surface area (Å²) >= 11 is 5.84. The predicted molar refractivity (Wildman–Crippen MR) is 90.0 cm³/mol. The van der Waals surface area contributed by atoms with Gasteiger partial charge in [0.25, 0.3) is 5.56 Å². The van der Waals surface area contributed by atoms with Crippen LogP contribution in [0.1, 0.15) is 16.8 Å². The second-order valence-corrected chi connectivity index (χ2v) is 5.98. The Balaban J connectivity index is 1.86. The predicted octanol–water partition coefficient (Wildman–Crippen LogP) is 4.29. The van der Waals surface area contributed by atoms with E-state index >= 15 is 0 Å². The zero-order chi connectivity index (χ0) is 18.2. The molecule has 0 amide bonds. The minimum absolute atomic E-state index is 0.120. The Bertz CT molecular complexity index is 999. The van der Waals surface area contributed by atoms with E-state index in [1.54, 1.807) is 18.2 Å². The van der Waals surface area contributed by atoms with Crippen molar-refractivity contribution in [1.82, 2.24) is 9.38 Å². The Morgan fingerprint density at radius 3 is 2.68 bits per heavy atom. The van der Waals surface area contributed by atoms with Gasteiger partial charge in [-0.25, -0.2) is 4.98 Å². The number of alkyl halides is 3. The molecule has 25 heavy (non-hydrogen) atoms. The number of pyridine rings is 1. The molecule has 1 N–H and O–H groups in total. The van der Waals surface area contributed by atoms with E-state index in [1.165, 1.54) is 29.7 Å². The zero-order valence-electron chi connectivity index (χ0n) is 13.1. The van der Waals surface area contributed by atoms with Gasteiger partial charge in [-0.1, -0.05) is 17.7 Å². The number of fused-ring (bicyclic) bond motifs is 1. The maximum atomic E-state index is 13.0. The molecule has 1 aromatic carbocycles. The van der Waals surface area contributed by atoms with Gasteiger partial charge >= 0.3 is 6.18 Å². The molecule has 0 aliphatic heterocycles. The molecule has 2 aromatic heterocycles. The standard InChI is InChI=1S/C17H13ClF3N3O/c1-10-2-4-12(6-14(10)17(19,20)21)22-8-13-7-16(25)24-9-11(18)3-5-15(24)23-13/h2-7,9,22H,8H2,1H3. The van der Waals surface area contributed by atoms with Crippen LogP contribution >= 0.6 is 11.6 Å². The number of hydrogen-bond acceptors (Lipinski definition) is 3. The van der Waals surface area contributed by atoms with Crippen molar-refractivity contribution in [2.75, 3.05) is 5.32 Å². The third-order valence-corrected chi connectivity index (χ3v) is 3.92. The lowest BCUT2D eigenvalue weighted by molar-refractivity contribution is -0.138. The molecule has 2 heterocycles. The number of halogens is 4. The van der Waals surface area contributed by atoms with Crippen molar-refractivity contribution < 1.29 is 13.2 Å². The molecule has 0 saturated heterocycles. The fraction of sp³-hybridized carbons (Fsp3) is 0.176. The highest BCUT2D eigenvalue weighted by atomic mass is 35.5. The smallest absolute Gasteiger partial charge is 0.379 e. The number of anilines is 1. The molecular formula is C17H13ClF3N3O. The maximum Gasteiger partial charge on any atom is 0.416 e. The summed E-state index contributed by atoms with van der Waals surface area (Å²) in [4.78, 5) is 16.4. The van der Waals surface area contributed by atoms with Crippen LogP contribution in [0.2, 0.25) is 5.02 Å². The molecule has 0 radical (unpaired) electrons. The number of aromatic nitrogens is 2. The highest BCUT2D eigenvalue weighted by Crippen LogP contribution is 2.33. The summed E-state index contributed by atoms with van der Waals surface area (Å²) in [5.41, 5.74) is 0.269. The van der Waals surface area contributed by atoms with Crippen molar-refractivity contribution in [2.24, 2.45) is 0 Å². The lowest BCUT2D eigenvalue weighted by atomic mass is 10.1. The average Bonchev–Trinajstić information content (AvgIpc) is 2.54. The SMILES string of the molecule is Cc1ccc(NCc2cc(=O)n3cc(Cl)ccc3n2)cc1C(F)(F)F. The second kappa shape index (κ2) is 6.40. The third kappa shape index (κ3) is 3.76. The topological polar surface area (TPSA) is 46.4 Å². The number of aryl methyl sites for hydroxylation is 1. The van der Waals surface area contributed by atoms with Crippen LogP contribution in [0.3, 0.4) is 0 Å². The molecule has 0 spiro atoms. The zero-order valence-corrected chi connectivity index (χ0v) is 13.8. The molecule has 8 heteroatoms. The van der Waals surface area contributed by atoms with Crippen molar-refractivity contribution in [2.45, 2.75) is 19.6 Å². The summed E-state index contributed by atoms with van der Waals surface area (Å²) in [5, 5.41) is 3.27. The highest BCUT2D eigenvalue weighted by molar-refractivity contribution is 6.30. The molecule has 130 valence electrons. The lowest BCUT2D eigenvalue weighted by Crippen LogP contribution is -2.17. The first kappa shape index (κ1) is 17.3. The number of nitrogens with one attached hydrogen (secondary N) is 1. The lowest BCUT2D eigenvalue weighted by Gasteiger charge is -2.13. The van der Waals surface area contributed by atoms with Gasteiger partial charge in [0.15, 0.2) is 0 Å². The largest absolute Gasteiger partial charge is 0.416 e. The minimum Gasteiger partial charge on any atom is -0.379 e. The van der Waals surface area contributed by atoms with Gasteiger partial charge in [-0.2, -0.15) is 13.2 Å².